The first kappa shape index (κ1) is 12.4. The van der Waals surface area contributed by atoms with E-state index in [4.69, 9.17) is 10.2 Å². The summed E-state index contributed by atoms with van der Waals surface area (Å²) >= 11 is 1.31. The Bertz CT molecular complexity index is 461. The molecule has 1 rings (SSSR count). The second kappa shape index (κ2) is 4.89. The molecule has 0 unspecified atom stereocenters. The van der Waals surface area contributed by atoms with Gasteiger partial charge in [0.2, 0.25) is 0 Å². The zero-order valence-corrected chi connectivity index (χ0v) is 9.67. The number of hydrogen-bond donors (Lipinski definition) is 2. The predicted octanol–water partition coefficient (Wildman–Crippen LogP) is 2.00. The molecule has 6 heteroatoms. The van der Waals surface area contributed by atoms with Crippen LogP contribution in [0, 0.1) is 13.8 Å². The van der Waals surface area contributed by atoms with Gasteiger partial charge < -0.3 is 10.2 Å². The van der Waals surface area contributed by atoms with Crippen LogP contribution < -0.4 is 0 Å². The summed E-state index contributed by atoms with van der Waals surface area (Å²) in [5, 5.41) is 19.7. The van der Waals surface area contributed by atoms with Crippen molar-refractivity contribution in [3.63, 3.8) is 0 Å². The number of aryl methyl sites for hydroxylation is 1. The van der Waals surface area contributed by atoms with Crippen LogP contribution in [0.4, 0.5) is 5.00 Å². The highest BCUT2D eigenvalue weighted by Crippen LogP contribution is 2.29. The third kappa shape index (κ3) is 2.90. The normalized spacial score (nSPS) is 11.5. The number of carboxylic acids is 2. The van der Waals surface area contributed by atoms with Crippen molar-refractivity contribution in [1.82, 2.24) is 0 Å². The molecule has 0 saturated carbocycles. The molecule has 86 valence electrons. The van der Waals surface area contributed by atoms with Crippen molar-refractivity contribution in [2.24, 2.45) is 4.99 Å². The average molecular weight is 241 g/mol. The number of hydrogen-bond acceptors (Lipinski definition) is 4. The Morgan fingerprint density at radius 3 is 2.38 bits per heavy atom. The lowest BCUT2D eigenvalue weighted by molar-refractivity contribution is -0.137. The number of carboxylic acid groups (broad SMARTS) is 2. The van der Waals surface area contributed by atoms with Crippen molar-refractivity contribution in [2.75, 3.05) is 0 Å². The fraction of sp³-hybridized carbons (Fsp3) is 0.300. The fourth-order valence-electron chi connectivity index (χ4n) is 1.03. The van der Waals surface area contributed by atoms with Crippen molar-refractivity contribution in [2.45, 2.75) is 20.3 Å². The van der Waals surface area contributed by atoms with E-state index in [1.807, 2.05) is 19.2 Å². The highest BCUT2D eigenvalue weighted by atomic mass is 32.1. The summed E-state index contributed by atoms with van der Waals surface area (Å²) in [4.78, 5) is 25.1. The van der Waals surface area contributed by atoms with Gasteiger partial charge in [0, 0.05) is 0 Å². The van der Waals surface area contributed by atoms with Crippen molar-refractivity contribution in [3.05, 3.63) is 16.5 Å². The number of aliphatic imine (C=N–C) groups is 1. The molecule has 0 aliphatic rings. The Kier molecular flexibility index (Phi) is 3.78. The maximum Gasteiger partial charge on any atom is 0.350 e. The summed E-state index contributed by atoms with van der Waals surface area (Å²) in [7, 11) is 0. The van der Waals surface area contributed by atoms with Crippen molar-refractivity contribution < 1.29 is 19.8 Å². The summed E-state index contributed by atoms with van der Waals surface area (Å²) in [6.45, 7) is 3.72. The van der Waals surface area contributed by atoms with Crippen LogP contribution in [0.25, 0.3) is 0 Å². The van der Waals surface area contributed by atoms with Crippen LogP contribution in [0.2, 0.25) is 0 Å². The molecular formula is C10H11NO4S. The molecule has 0 radical (unpaired) electrons. The van der Waals surface area contributed by atoms with E-state index in [1.54, 1.807) is 0 Å². The third-order valence-electron chi connectivity index (χ3n) is 2.06. The second-order valence-corrected chi connectivity index (χ2v) is 4.14. The van der Waals surface area contributed by atoms with Crippen molar-refractivity contribution >= 4 is 34.0 Å². The average Bonchev–Trinajstić information content (AvgIpc) is 2.47. The molecule has 0 bridgehead atoms. The summed E-state index contributed by atoms with van der Waals surface area (Å²) in [5.74, 6) is -2.50. The van der Waals surface area contributed by atoms with Gasteiger partial charge in [-0.15, -0.1) is 11.3 Å². The van der Waals surface area contributed by atoms with Gasteiger partial charge in [-0.2, -0.15) is 0 Å². The van der Waals surface area contributed by atoms with Crippen LogP contribution in [0.1, 0.15) is 17.5 Å². The molecule has 0 aliphatic heterocycles. The number of aliphatic carboxylic acids is 2. The van der Waals surface area contributed by atoms with Gasteiger partial charge in [0.05, 0.1) is 6.42 Å². The summed E-state index contributed by atoms with van der Waals surface area (Å²) in [6.07, 6.45) is -0.578. The maximum atomic E-state index is 10.8. The van der Waals surface area contributed by atoms with Gasteiger partial charge in [0.25, 0.3) is 0 Å². The maximum absolute atomic E-state index is 10.8. The number of carbonyl (C=O) groups is 2. The molecule has 1 heterocycles. The molecule has 0 amide bonds. The second-order valence-electron chi connectivity index (χ2n) is 3.28. The molecule has 0 spiro atoms. The van der Waals surface area contributed by atoms with E-state index >= 15 is 0 Å². The van der Waals surface area contributed by atoms with Gasteiger partial charge >= 0.3 is 11.9 Å². The van der Waals surface area contributed by atoms with Crippen LogP contribution in [0.15, 0.2) is 10.4 Å². The van der Waals surface area contributed by atoms with Crippen LogP contribution in [-0.2, 0) is 9.59 Å². The summed E-state index contributed by atoms with van der Waals surface area (Å²) < 4.78 is 0. The molecular weight excluding hydrogens is 230 g/mol. The van der Waals surface area contributed by atoms with Gasteiger partial charge in [-0.3, -0.25) is 4.79 Å². The SMILES string of the molecule is Cc1csc(N=C(CC(=O)O)C(=O)O)c1C. The fourth-order valence-corrected chi connectivity index (χ4v) is 1.99. The quantitative estimate of drug-likeness (QED) is 0.789. The Morgan fingerprint density at radius 1 is 1.38 bits per heavy atom. The summed E-state index contributed by atoms with van der Waals surface area (Å²) in [6, 6.07) is 0. The molecule has 16 heavy (non-hydrogen) atoms. The first-order valence-corrected chi connectivity index (χ1v) is 5.37. The lowest BCUT2D eigenvalue weighted by Crippen LogP contribution is -2.16. The van der Waals surface area contributed by atoms with E-state index < -0.39 is 18.4 Å². The zero-order chi connectivity index (χ0) is 12.3. The van der Waals surface area contributed by atoms with Gasteiger partial charge in [-0.05, 0) is 30.4 Å². The Morgan fingerprint density at radius 2 is 2.00 bits per heavy atom. The van der Waals surface area contributed by atoms with E-state index in [0.717, 1.165) is 11.1 Å². The molecule has 0 saturated heterocycles. The van der Waals surface area contributed by atoms with E-state index in [0.29, 0.717) is 5.00 Å². The minimum Gasteiger partial charge on any atom is -0.481 e. The van der Waals surface area contributed by atoms with Crippen LogP contribution in [0.3, 0.4) is 0 Å². The van der Waals surface area contributed by atoms with E-state index in [9.17, 15) is 9.59 Å². The minimum absolute atomic E-state index is 0.350. The van der Waals surface area contributed by atoms with E-state index in [1.165, 1.54) is 11.3 Å². The highest BCUT2D eigenvalue weighted by molar-refractivity contribution is 7.14. The van der Waals surface area contributed by atoms with Gasteiger partial charge in [0.1, 0.15) is 10.7 Å². The number of thiophene rings is 1. The van der Waals surface area contributed by atoms with Gasteiger partial charge in [0.15, 0.2) is 0 Å². The molecule has 0 aromatic carbocycles. The summed E-state index contributed by atoms with van der Waals surface area (Å²) in [5.41, 5.74) is 1.55. The predicted molar refractivity (Wildman–Crippen MR) is 60.8 cm³/mol. The Hall–Kier alpha value is -1.69. The standard InChI is InChI=1S/C10H11NO4S/c1-5-4-16-9(6(5)2)11-7(10(14)15)3-8(12)13/h4H,3H2,1-2H3,(H,12,13)(H,14,15). The molecule has 0 aliphatic carbocycles. The van der Waals surface area contributed by atoms with E-state index in [-0.39, 0.29) is 5.71 Å². The lowest BCUT2D eigenvalue weighted by atomic mass is 10.2. The first-order valence-electron chi connectivity index (χ1n) is 4.49. The molecule has 1 aromatic rings. The molecule has 1 aromatic heterocycles. The number of rotatable bonds is 4. The lowest BCUT2D eigenvalue weighted by Gasteiger charge is -1.98. The van der Waals surface area contributed by atoms with Crippen LogP contribution >= 0.6 is 11.3 Å². The Labute approximate surface area is 96.1 Å². The van der Waals surface area contributed by atoms with Crippen molar-refractivity contribution in [3.8, 4) is 0 Å². The molecule has 0 fully saturated rings. The minimum atomic E-state index is -1.30. The highest BCUT2D eigenvalue weighted by Gasteiger charge is 2.15. The first-order chi connectivity index (χ1) is 7.41. The monoisotopic (exact) mass is 241 g/mol. The molecule has 2 N–H and O–H groups in total. The van der Waals surface area contributed by atoms with Crippen LogP contribution in [0.5, 0.6) is 0 Å². The van der Waals surface area contributed by atoms with Crippen molar-refractivity contribution in [1.29, 1.82) is 0 Å². The number of nitrogens with zero attached hydrogens (tertiary/aromatic N) is 1. The van der Waals surface area contributed by atoms with Gasteiger partial charge in [-0.1, -0.05) is 0 Å². The Balaban J connectivity index is 3.07. The largest absolute Gasteiger partial charge is 0.481 e. The zero-order valence-electron chi connectivity index (χ0n) is 8.85. The van der Waals surface area contributed by atoms with Gasteiger partial charge in [-0.25, -0.2) is 9.79 Å². The van der Waals surface area contributed by atoms with Crippen LogP contribution in [-0.4, -0.2) is 27.9 Å². The van der Waals surface area contributed by atoms with E-state index in [2.05, 4.69) is 4.99 Å². The third-order valence-corrected chi connectivity index (χ3v) is 3.15. The smallest absolute Gasteiger partial charge is 0.350 e. The molecule has 5 nitrogen and oxygen atoms in total. The molecule has 0 atom stereocenters. The topological polar surface area (TPSA) is 87.0 Å².